The first-order chi connectivity index (χ1) is 13.6. The molecule has 0 N–H and O–H groups in total. The van der Waals surface area contributed by atoms with E-state index >= 15 is 0 Å². The van der Waals surface area contributed by atoms with E-state index in [1.807, 2.05) is 10.6 Å². The predicted octanol–water partition coefficient (Wildman–Crippen LogP) is 3.23. The predicted molar refractivity (Wildman–Crippen MR) is 101 cm³/mol. The molecule has 142 valence electrons. The molecule has 7 nitrogen and oxygen atoms in total. The van der Waals surface area contributed by atoms with Gasteiger partial charge in [0.25, 0.3) is 0 Å². The maximum atomic E-state index is 11.8. The van der Waals surface area contributed by atoms with Crippen molar-refractivity contribution >= 4 is 22.8 Å². The largest absolute Gasteiger partial charge is 0.482 e. The van der Waals surface area contributed by atoms with Crippen LogP contribution in [0.4, 0.5) is 0 Å². The van der Waals surface area contributed by atoms with E-state index in [0.717, 1.165) is 11.2 Å². The maximum Gasteiger partial charge on any atom is 0.343 e. The van der Waals surface area contributed by atoms with Crippen molar-refractivity contribution in [2.45, 2.75) is 6.92 Å². The molecule has 3 aromatic rings. The van der Waals surface area contributed by atoms with Crippen LogP contribution in [0.15, 0.2) is 48.7 Å². The minimum Gasteiger partial charge on any atom is -0.482 e. The fraction of sp³-hybridized carbons (Fsp3) is 0.190. The van der Waals surface area contributed by atoms with E-state index in [0.29, 0.717) is 28.9 Å². The molecule has 0 bridgehead atoms. The van der Waals surface area contributed by atoms with Gasteiger partial charge in [-0.25, -0.2) is 9.59 Å². The Hall–Kier alpha value is -3.79. The molecule has 0 saturated heterocycles. The molecule has 1 aromatic heterocycles. The highest BCUT2D eigenvalue weighted by Gasteiger charge is 2.13. The second-order valence-electron chi connectivity index (χ2n) is 5.84. The Morgan fingerprint density at radius 2 is 1.89 bits per heavy atom. The second-order valence-corrected chi connectivity index (χ2v) is 5.84. The van der Waals surface area contributed by atoms with Crippen LogP contribution in [0, 0.1) is 11.3 Å². The van der Waals surface area contributed by atoms with E-state index in [2.05, 4.69) is 10.8 Å². The summed E-state index contributed by atoms with van der Waals surface area (Å²) in [5.74, 6) is -0.402. The minimum atomic E-state index is -0.486. The summed E-state index contributed by atoms with van der Waals surface area (Å²) >= 11 is 0. The van der Waals surface area contributed by atoms with Crippen LogP contribution in [0.25, 0.3) is 16.6 Å². The number of carbonyl (C=O) groups excluding carboxylic acids is 2. The molecule has 0 aliphatic heterocycles. The monoisotopic (exact) mass is 378 g/mol. The summed E-state index contributed by atoms with van der Waals surface area (Å²) in [6.07, 6.45) is 1.72. The van der Waals surface area contributed by atoms with E-state index in [-0.39, 0.29) is 12.6 Å². The van der Waals surface area contributed by atoms with Crippen LogP contribution >= 0.6 is 0 Å². The standard InChI is InChI=1S/C21H18N2O5/c1-3-27-21(25)14-4-6-16(7-5-14)23-12-15(11-22)18-10-17(8-9-19(18)23)28-13-20(24)26-2/h4-10,12H,3,13H2,1-2H3. The van der Waals surface area contributed by atoms with Gasteiger partial charge in [-0.3, -0.25) is 0 Å². The van der Waals surface area contributed by atoms with Crippen LogP contribution < -0.4 is 4.74 Å². The summed E-state index contributed by atoms with van der Waals surface area (Å²) in [4.78, 5) is 23.0. The average molecular weight is 378 g/mol. The first-order valence-corrected chi connectivity index (χ1v) is 8.59. The van der Waals surface area contributed by atoms with Crippen molar-refractivity contribution in [2.24, 2.45) is 0 Å². The molecular weight excluding hydrogens is 360 g/mol. The number of hydrogen-bond acceptors (Lipinski definition) is 6. The number of benzene rings is 2. The van der Waals surface area contributed by atoms with Gasteiger partial charge in [-0.05, 0) is 49.4 Å². The summed E-state index contributed by atoms with van der Waals surface area (Å²) < 4.78 is 16.8. The fourth-order valence-corrected chi connectivity index (χ4v) is 2.78. The summed E-state index contributed by atoms with van der Waals surface area (Å²) in [5.41, 5.74) is 2.52. The number of esters is 2. The van der Waals surface area contributed by atoms with Gasteiger partial charge in [-0.1, -0.05) is 0 Å². The first kappa shape index (κ1) is 19.0. The van der Waals surface area contributed by atoms with Crippen LogP contribution in [0.3, 0.4) is 0 Å². The van der Waals surface area contributed by atoms with Gasteiger partial charge in [0.15, 0.2) is 6.61 Å². The quantitative estimate of drug-likeness (QED) is 0.612. The van der Waals surface area contributed by atoms with E-state index in [1.54, 1.807) is 49.5 Å². The Kier molecular flexibility index (Phi) is 5.61. The Morgan fingerprint density at radius 3 is 2.54 bits per heavy atom. The van der Waals surface area contributed by atoms with E-state index in [9.17, 15) is 14.9 Å². The number of fused-ring (bicyclic) bond motifs is 1. The molecular formula is C21H18N2O5. The highest BCUT2D eigenvalue weighted by molar-refractivity contribution is 5.91. The molecule has 0 unspecified atom stereocenters. The third kappa shape index (κ3) is 3.81. The zero-order valence-corrected chi connectivity index (χ0v) is 15.5. The Labute approximate surface area is 161 Å². The number of hydrogen-bond donors (Lipinski definition) is 0. The van der Waals surface area contributed by atoms with Gasteiger partial charge >= 0.3 is 11.9 Å². The molecule has 7 heteroatoms. The molecule has 0 aliphatic rings. The fourth-order valence-electron chi connectivity index (χ4n) is 2.78. The van der Waals surface area contributed by atoms with Crippen LogP contribution in [0.5, 0.6) is 5.75 Å². The normalized spacial score (nSPS) is 10.3. The van der Waals surface area contributed by atoms with Gasteiger partial charge < -0.3 is 18.8 Å². The van der Waals surface area contributed by atoms with Crippen molar-refractivity contribution in [1.82, 2.24) is 4.57 Å². The second kappa shape index (κ2) is 8.27. The number of rotatable bonds is 6. The molecule has 0 aliphatic carbocycles. The van der Waals surface area contributed by atoms with Crippen molar-refractivity contribution in [3.63, 3.8) is 0 Å². The topological polar surface area (TPSA) is 90.5 Å². The lowest BCUT2D eigenvalue weighted by atomic mass is 10.2. The number of carbonyl (C=O) groups is 2. The zero-order valence-electron chi connectivity index (χ0n) is 15.5. The summed E-state index contributed by atoms with van der Waals surface area (Å²) in [6.45, 7) is 1.86. The summed E-state index contributed by atoms with van der Waals surface area (Å²) in [6, 6.07) is 14.3. The molecule has 3 rings (SSSR count). The van der Waals surface area contributed by atoms with Gasteiger partial charge in [0.05, 0.1) is 30.4 Å². The molecule has 0 atom stereocenters. The molecule has 0 spiro atoms. The molecule has 0 saturated carbocycles. The molecule has 1 heterocycles. The number of methoxy groups -OCH3 is 1. The highest BCUT2D eigenvalue weighted by atomic mass is 16.6. The van der Waals surface area contributed by atoms with E-state index in [4.69, 9.17) is 9.47 Å². The number of aromatic nitrogens is 1. The molecule has 0 amide bonds. The average Bonchev–Trinajstić information content (AvgIpc) is 3.10. The van der Waals surface area contributed by atoms with E-state index < -0.39 is 5.97 Å². The van der Waals surface area contributed by atoms with Crippen molar-refractivity contribution in [3.8, 4) is 17.5 Å². The van der Waals surface area contributed by atoms with Crippen molar-refractivity contribution in [1.29, 1.82) is 5.26 Å². The minimum absolute atomic E-state index is 0.208. The number of ether oxygens (including phenoxy) is 3. The van der Waals surface area contributed by atoms with Crippen LogP contribution in [0.2, 0.25) is 0 Å². The van der Waals surface area contributed by atoms with Crippen LogP contribution in [-0.2, 0) is 14.3 Å². The smallest absolute Gasteiger partial charge is 0.343 e. The SMILES string of the molecule is CCOC(=O)c1ccc(-n2cc(C#N)c3cc(OCC(=O)OC)ccc32)cc1. The van der Waals surface area contributed by atoms with Crippen molar-refractivity contribution in [2.75, 3.05) is 20.3 Å². The molecule has 28 heavy (non-hydrogen) atoms. The van der Waals surface area contributed by atoms with E-state index in [1.165, 1.54) is 7.11 Å². The lowest BCUT2D eigenvalue weighted by Gasteiger charge is -2.08. The van der Waals surface area contributed by atoms with Gasteiger partial charge in [0.2, 0.25) is 0 Å². The first-order valence-electron chi connectivity index (χ1n) is 8.59. The number of nitriles is 1. The van der Waals surface area contributed by atoms with Crippen molar-refractivity contribution < 1.29 is 23.8 Å². The molecule has 0 fully saturated rings. The van der Waals surface area contributed by atoms with Gasteiger partial charge in [-0.15, -0.1) is 0 Å². The summed E-state index contributed by atoms with van der Waals surface area (Å²) in [7, 11) is 1.29. The van der Waals surface area contributed by atoms with Crippen LogP contribution in [0.1, 0.15) is 22.8 Å². The zero-order chi connectivity index (χ0) is 20.1. The van der Waals surface area contributed by atoms with Gasteiger partial charge in [-0.2, -0.15) is 5.26 Å². The molecule has 0 radical (unpaired) electrons. The lowest BCUT2D eigenvalue weighted by molar-refractivity contribution is -0.142. The molecule has 2 aromatic carbocycles. The third-order valence-corrected chi connectivity index (χ3v) is 4.14. The Bertz CT molecular complexity index is 1060. The number of nitrogens with zero attached hydrogens (tertiary/aromatic N) is 2. The highest BCUT2D eigenvalue weighted by Crippen LogP contribution is 2.28. The van der Waals surface area contributed by atoms with Gasteiger partial charge in [0.1, 0.15) is 11.8 Å². The van der Waals surface area contributed by atoms with Crippen molar-refractivity contribution in [3.05, 3.63) is 59.8 Å². The lowest BCUT2D eigenvalue weighted by Crippen LogP contribution is -2.12. The Balaban J connectivity index is 1.95. The summed E-state index contributed by atoms with van der Waals surface area (Å²) in [5, 5.41) is 10.2. The third-order valence-electron chi connectivity index (χ3n) is 4.14. The Morgan fingerprint density at radius 1 is 1.14 bits per heavy atom. The maximum absolute atomic E-state index is 11.8. The van der Waals surface area contributed by atoms with Crippen LogP contribution in [-0.4, -0.2) is 36.8 Å². The van der Waals surface area contributed by atoms with Gasteiger partial charge in [0, 0.05) is 17.3 Å².